The first-order chi connectivity index (χ1) is 13.3. The van der Waals surface area contributed by atoms with Crippen LogP contribution < -0.4 is 4.74 Å². The molecule has 142 valence electrons. The zero-order chi connectivity index (χ0) is 18.5. The summed E-state index contributed by atoms with van der Waals surface area (Å²) in [5.41, 5.74) is 1.75. The van der Waals surface area contributed by atoms with Crippen molar-refractivity contribution in [3.8, 4) is 5.75 Å². The normalized spacial score (nSPS) is 22.6. The Morgan fingerprint density at radius 3 is 2.78 bits per heavy atom. The molecule has 2 heterocycles. The number of carbonyl (C=O) groups excluding carboxylic acids is 1. The Balaban J connectivity index is 1.40. The van der Waals surface area contributed by atoms with Gasteiger partial charge in [0.2, 0.25) is 0 Å². The second-order valence-electron chi connectivity index (χ2n) is 7.00. The summed E-state index contributed by atoms with van der Waals surface area (Å²) >= 11 is 0. The molecule has 2 aromatic carbocycles. The molecule has 0 radical (unpaired) electrons. The summed E-state index contributed by atoms with van der Waals surface area (Å²) in [4.78, 5) is 14.8. The molecule has 2 atom stereocenters. The van der Waals surface area contributed by atoms with Gasteiger partial charge in [-0.15, -0.1) is 0 Å². The molecular weight excluding hydrogens is 342 g/mol. The number of benzene rings is 2. The van der Waals surface area contributed by atoms with Gasteiger partial charge < -0.3 is 19.1 Å². The third kappa shape index (κ3) is 4.49. The summed E-state index contributed by atoms with van der Waals surface area (Å²) in [5.74, 6) is 0.728. The van der Waals surface area contributed by atoms with Crippen molar-refractivity contribution in [3.05, 3.63) is 65.7 Å². The highest BCUT2D eigenvalue weighted by Crippen LogP contribution is 2.24. The molecule has 2 aliphatic rings. The minimum absolute atomic E-state index is 0.0156. The lowest BCUT2D eigenvalue weighted by Gasteiger charge is -2.33. The molecule has 0 aromatic heterocycles. The van der Waals surface area contributed by atoms with Gasteiger partial charge in [0.1, 0.15) is 18.5 Å². The molecule has 2 saturated heterocycles. The Hall–Kier alpha value is -2.37. The fourth-order valence-electron chi connectivity index (χ4n) is 3.57. The molecule has 0 spiro atoms. The fourth-order valence-corrected chi connectivity index (χ4v) is 3.57. The zero-order valence-electron chi connectivity index (χ0n) is 15.4. The van der Waals surface area contributed by atoms with Gasteiger partial charge in [0.25, 0.3) is 5.91 Å². The van der Waals surface area contributed by atoms with Crippen LogP contribution in [-0.4, -0.2) is 49.8 Å². The number of nitrogens with zero attached hydrogens (tertiary/aromatic N) is 1. The standard InChI is InChI=1S/C22H25NO4/c24-22(23-11-13-26-21(15-23)17-6-2-1-3-7-17)18-8-4-9-19(14-18)27-16-20-10-5-12-25-20/h1-4,6-9,14,20-21H,5,10-13,15-16H2/t20-,21-/m0/s1. The average molecular weight is 367 g/mol. The smallest absolute Gasteiger partial charge is 0.254 e. The van der Waals surface area contributed by atoms with Crippen molar-refractivity contribution < 1.29 is 19.0 Å². The molecule has 4 rings (SSSR count). The Labute approximate surface area is 159 Å². The molecule has 5 heteroatoms. The monoisotopic (exact) mass is 367 g/mol. The average Bonchev–Trinajstić information content (AvgIpc) is 3.26. The van der Waals surface area contributed by atoms with Crippen LogP contribution in [0.4, 0.5) is 0 Å². The van der Waals surface area contributed by atoms with E-state index in [1.807, 2.05) is 59.5 Å². The summed E-state index contributed by atoms with van der Waals surface area (Å²) in [7, 11) is 0. The van der Waals surface area contributed by atoms with E-state index in [0.29, 0.717) is 37.6 Å². The lowest BCUT2D eigenvalue weighted by molar-refractivity contribution is -0.0228. The van der Waals surface area contributed by atoms with Gasteiger partial charge in [0, 0.05) is 18.7 Å². The highest BCUT2D eigenvalue weighted by Gasteiger charge is 2.26. The van der Waals surface area contributed by atoms with Gasteiger partial charge in [-0.1, -0.05) is 36.4 Å². The van der Waals surface area contributed by atoms with Crippen molar-refractivity contribution in [1.29, 1.82) is 0 Å². The molecule has 0 bridgehead atoms. The van der Waals surface area contributed by atoms with Gasteiger partial charge in [-0.3, -0.25) is 4.79 Å². The van der Waals surface area contributed by atoms with Crippen LogP contribution in [0.3, 0.4) is 0 Å². The third-order valence-corrected chi connectivity index (χ3v) is 5.07. The van der Waals surface area contributed by atoms with Crippen molar-refractivity contribution in [1.82, 2.24) is 4.90 Å². The maximum Gasteiger partial charge on any atom is 0.254 e. The number of hydrogen-bond acceptors (Lipinski definition) is 4. The number of amides is 1. The molecule has 0 aliphatic carbocycles. The van der Waals surface area contributed by atoms with E-state index in [2.05, 4.69) is 0 Å². The highest BCUT2D eigenvalue weighted by atomic mass is 16.5. The molecule has 0 N–H and O–H groups in total. The van der Waals surface area contributed by atoms with Crippen LogP contribution in [0.1, 0.15) is 34.9 Å². The number of ether oxygens (including phenoxy) is 3. The van der Waals surface area contributed by atoms with Crippen molar-refractivity contribution in [2.24, 2.45) is 0 Å². The predicted molar refractivity (Wildman–Crippen MR) is 102 cm³/mol. The van der Waals surface area contributed by atoms with E-state index in [1.54, 1.807) is 0 Å². The molecule has 5 nitrogen and oxygen atoms in total. The summed E-state index contributed by atoms with van der Waals surface area (Å²) in [5, 5.41) is 0. The van der Waals surface area contributed by atoms with Crippen LogP contribution in [0.5, 0.6) is 5.75 Å². The Bertz CT molecular complexity index is 758. The van der Waals surface area contributed by atoms with Crippen LogP contribution in [0, 0.1) is 0 Å². The van der Waals surface area contributed by atoms with E-state index < -0.39 is 0 Å². The second-order valence-corrected chi connectivity index (χ2v) is 7.00. The topological polar surface area (TPSA) is 48.0 Å². The molecule has 27 heavy (non-hydrogen) atoms. The van der Waals surface area contributed by atoms with E-state index >= 15 is 0 Å². The van der Waals surface area contributed by atoms with E-state index in [4.69, 9.17) is 14.2 Å². The maximum absolute atomic E-state index is 13.0. The van der Waals surface area contributed by atoms with E-state index in [9.17, 15) is 4.79 Å². The van der Waals surface area contributed by atoms with E-state index in [0.717, 1.165) is 25.0 Å². The van der Waals surface area contributed by atoms with Crippen LogP contribution >= 0.6 is 0 Å². The van der Waals surface area contributed by atoms with Crippen molar-refractivity contribution >= 4 is 5.91 Å². The van der Waals surface area contributed by atoms with Gasteiger partial charge in [-0.25, -0.2) is 0 Å². The third-order valence-electron chi connectivity index (χ3n) is 5.07. The Kier molecular flexibility index (Phi) is 5.70. The first-order valence-electron chi connectivity index (χ1n) is 9.60. The Morgan fingerprint density at radius 1 is 1.07 bits per heavy atom. The van der Waals surface area contributed by atoms with Crippen LogP contribution in [0.2, 0.25) is 0 Å². The molecule has 2 aromatic rings. The highest BCUT2D eigenvalue weighted by molar-refractivity contribution is 5.94. The predicted octanol–water partition coefficient (Wildman–Crippen LogP) is 3.46. The molecule has 2 aliphatic heterocycles. The number of carbonyl (C=O) groups is 1. The maximum atomic E-state index is 13.0. The van der Waals surface area contributed by atoms with Gasteiger partial charge >= 0.3 is 0 Å². The number of rotatable bonds is 5. The van der Waals surface area contributed by atoms with Crippen LogP contribution in [-0.2, 0) is 9.47 Å². The second kappa shape index (κ2) is 8.55. The zero-order valence-corrected chi connectivity index (χ0v) is 15.4. The summed E-state index contributed by atoms with van der Waals surface area (Å²) < 4.78 is 17.3. The molecule has 0 saturated carbocycles. The summed E-state index contributed by atoms with van der Waals surface area (Å²) in [6, 6.07) is 17.5. The Morgan fingerprint density at radius 2 is 1.96 bits per heavy atom. The first kappa shape index (κ1) is 18.0. The van der Waals surface area contributed by atoms with Crippen molar-refractivity contribution in [2.45, 2.75) is 25.0 Å². The minimum atomic E-state index is -0.0807. The number of hydrogen-bond donors (Lipinski definition) is 0. The van der Waals surface area contributed by atoms with Crippen LogP contribution in [0.25, 0.3) is 0 Å². The van der Waals surface area contributed by atoms with Crippen molar-refractivity contribution in [3.63, 3.8) is 0 Å². The lowest BCUT2D eigenvalue weighted by atomic mass is 10.1. The van der Waals surface area contributed by atoms with Gasteiger partial charge in [-0.05, 0) is 36.6 Å². The quantitative estimate of drug-likeness (QED) is 0.812. The summed E-state index contributed by atoms with van der Waals surface area (Å²) in [6.07, 6.45) is 2.21. The molecule has 2 fully saturated rings. The lowest BCUT2D eigenvalue weighted by Crippen LogP contribution is -2.42. The SMILES string of the molecule is O=C(c1cccc(OC[C@@H]2CCCO2)c1)N1CCO[C@H](c2ccccc2)C1. The molecule has 1 amide bonds. The van der Waals surface area contributed by atoms with Crippen molar-refractivity contribution in [2.75, 3.05) is 32.9 Å². The molecular formula is C22H25NO4. The minimum Gasteiger partial charge on any atom is -0.491 e. The first-order valence-corrected chi connectivity index (χ1v) is 9.60. The largest absolute Gasteiger partial charge is 0.491 e. The van der Waals surface area contributed by atoms with Gasteiger partial charge in [0.15, 0.2) is 0 Å². The van der Waals surface area contributed by atoms with Crippen LogP contribution in [0.15, 0.2) is 54.6 Å². The van der Waals surface area contributed by atoms with E-state index in [-0.39, 0.29) is 18.1 Å². The van der Waals surface area contributed by atoms with Gasteiger partial charge in [0.05, 0.1) is 19.3 Å². The fraction of sp³-hybridized carbons (Fsp3) is 0.409. The molecule has 0 unspecified atom stereocenters. The van der Waals surface area contributed by atoms with Gasteiger partial charge in [-0.2, -0.15) is 0 Å². The number of morpholine rings is 1. The summed E-state index contributed by atoms with van der Waals surface area (Å²) in [6.45, 7) is 3.05. The van der Waals surface area contributed by atoms with E-state index in [1.165, 1.54) is 0 Å².